The van der Waals surface area contributed by atoms with Crippen molar-refractivity contribution in [2.75, 3.05) is 44.3 Å². The van der Waals surface area contributed by atoms with Crippen molar-refractivity contribution in [2.24, 2.45) is 11.8 Å². The normalized spacial score (nSPS) is 27.2. The van der Waals surface area contributed by atoms with Crippen LogP contribution in [0.2, 0.25) is 0 Å². The van der Waals surface area contributed by atoms with E-state index in [1.54, 1.807) is 26.9 Å². The van der Waals surface area contributed by atoms with Crippen molar-refractivity contribution < 1.29 is 29.0 Å². The van der Waals surface area contributed by atoms with Gasteiger partial charge in [0.2, 0.25) is 17.7 Å². The van der Waals surface area contributed by atoms with E-state index < -0.39 is 29.1 Å². The zero-order valence-corrected chi connectivity index (χ0v) is 26.1. The Morgan fingerprint density at radius 2 is 1.79 bits per heavy atom. The van der Waals surface area contributed by atoms with E-state index in [9.17, 15) is 19.5 Å². The molecule has 0 aliphatic carbocycles. The number of rotatable bonds is 17. The van der Waals surface area contributed by atoms with E-state index in [4.69, 9.17) is 9.47 Å². The average molecular weight is 596 g/mol. The summed E-state index contributed by atoms with van der Waals surface area (Å²) in [5.74, 6) is -1.35. The highest BCUT2D eigenvalue weighted by Crippen LogP contribution is 2.64. The summed E-state index contributed by atoms with van der Waals surface area (Å²) in [4.78, 5) is 48.6. The van der Waals surface area contributed by atoms with Crippen molar-refractivity contribution in [3.8, 4) is 5.75 Å². The van der Waals surface area contributed by atoms with Crippen molar-refractivity contribution in [1.82, 2.24) is 9.80 Å². The molecule has 2 bridgehead atoms. The molecule has 3 saturated heterocycles. The first-order valence-corrected chi connectivity index (χ1v) is 15.9. The van der Waals surface area contributed by atoms with Crippen LogP contribution >= 0.6 is 0 Å². The van der Waals surface area contributed by atoms with Gasteiger partial charge < -0.3 is 29.3 Å². The van der Waals surface area contributed by atoms with Gasteiger partial charge in [-0.15, -0.1) is 13.2 Å². The number of fused-ring (bicyclic) bond motifs is 1. The van der Waals surface area contributed by atoms with E-state index in [1.165, 1.54) is 0 Å². The minimum Gasteiger partial charge on any atom is -0.494 e. The molecule has 3 aliphatic heterocycles. The molecule has 43 heavy (non-hydrogen) atoms. The highest BCUT2D eigenvalue weighted by atomic mass is 16.5. The molecule has 1 aromatic carbocycles. The van der Waals surface area contributed by atoms with Crippen LogP contribution in [0.15, 0.2) is 49.6 Å². The van der Waals surface area contributed by atoms with Gasteiger partial charge in [0.1, 0.15) is 17.4 Å². The Labute approximate surface area is 256 Å². The monoisotopic (exact) mass is 595 g/mol. The third-order valence-electron chi connectivity index (χ3n) is 9.47. The van der Waals surface area contributed by atoms with Crippen LogP contribution in [0.1, 0.15) is 65.7 Å². The van der Waals surface area contributed by atoms with E-state index >= 15 is 0 Å². The lowest BCUT2D eigenvalue weighted by atomic mass is 9.64. The van der Waals surface area contributed by atoms with Crippen molar-refractivity contribution in [3.05, 3.63) is 49.6 Å². The number of aliphatic hydroxyl groups is 1. The zero-order chi connectivity index (χ0) is 31.2. The lowest BCUT2D eigenvalue weighted by molar-refractivity contribution is -0.152. The Morgan fingerprint density at radius 1 is 1.07 bits per heavy atom. The van der Waals surface area contributed by atoms with Crippen molar-refractivity contribution in [1.29, 1.82) is 0 Å². The van der Waals surface area contributed by atoms with E-state index in [1.807, 2.05) is 38.1 Å². The second-order valence-corrected chi connectivity index (χ2v) is 11.9. The fourth-order valence-electron chi connectivity index (χ4n) is 7.48. The van der Waals surface area contributed by atoms with Gasteiger partial charge in [-0.05, 0) is 69.7 Å². The molecule has 4 rings (SSSR count). The summed E-state index contributed by atoms with van der Waals surface area (Å²) in [5, 5.41) is 9.47. The Balaban J connectivity index is 1.77. The molecule has 1 aromatic rings. The number of hydrogen-bond donors (Lipinski definition) is 1. The number of carbonyl (C=O) groups excluding carboxylic acids is 3. The Hall–Kier alpha value is -3.17. The number of amides is 3. The van der Waals surface area contributed by atoms with Gasteiger partial charge in [-0.1, -0.05) is 32.4 Å². The molecule has 3 fully saturated rings. The van der Waals surface area contributed by atoms with E-state index in [-0.39, 0.29) is 30.9 Å². The number of hydrogen-bond acceptors (Lipinski definition) is 6. The van der Waals surface area contributed by atoms with Gasteiger partial charge in [-0.3, -0.25) is 14.4 Å². The topological polar surface area (TPSA) is 99.6 Å². The predicted molar refractivity (Wildman–Crippen MR) is 167 cm³/mol. The van der Waals surface area contributed by atoms with E-state index in [2.05, 4.69) is 20.1 Å². The summed E-state index contributed by atoms with van der Waals surface area (Å²) in [6, 6.07) is 6.53. The van der Waals surface area contributed by atoms with Crippen LogP contribution in [0.5, 0.6) is 5.75 Å². The molecule has 3 aliphatic rings. The minimum atomic E-state index is -1.09. The van der Waals surface area contributed by atoms with Crippen molar-refractivity contribution >= 4 is 23.4 Å². The quantitative estimate of drug-likeness (QED) is 0.212. The number of ether oxygens (including phenoxy) is 2. The van der Waals surface area contributed by atoms with Gasteiger partial charge in [0.05, 0.1) is 24.0 Å². The molecule has 9 nitrogen and oxygen atoms in total. The zero-order valence-electron chi connectivity index (χ0n) is 26.1. The smallest absolute Gasteiger partial charge is 0.248 e. The van der Waals surface area contributed by atoms with E-state index in [0.29, 0.717) is 69.8 Å². The molecular weight excluding hydrogens is 546 g/mol. The van der Waals surface area contributed by atoms with Gasteiger partial charge >= 0.3 is 0 Å². The van der Waals surface area contributed by atoms with Crippen molar-refractivity contribution in [3.63, 3.8) is 0 Å². The average Bonchev–Trinajstić information content (AvgIpc) is 3.62. The molecule has 0 radical (unpaired) electrons. The third kappa shape index (κ3) is 5.86. The van der Waals surface area contributed by atoms with Crippen molar-refractivity contribution in [2.45, 2.75) is 83.0 Å². The molecule has 0 aromatic heterocycles. The standard InChI is InChI=1S/C34H49N3O6/c1-6-11-22-35(20-7-2)32(41)29-34-19-18-33(9-4,43-34)27(28(34)31(40)37(29)23-12-13-24-38)30(39)36(21-8-3)25-14-16-26(17-15-25)42-10-5/h7-8,14-17,27-29,38H,2-3,6,9-13,18-24H2,1,4-5H3/t27-,28-,29?,33+,34?/m0/s1. The second-order valence-electron chi connectivity index (χ2n) is 11.9. The molecule has 9 heteroatoms. The Kier molecular flexibility index (Phi) is 10.7. The number of carbonyl (C=O) groups is 3. The number of likely N-dealkylation sites (tertiary alicyclic amines) is 1. The first kappa shape index (κ1) is 32.7. The lowest BCUT2D eigenvalue weighted by Gasteiger charge is -2.37. The van der Waals surface area contributed by atoms with Gasteiger partial charge in [0.25, 0.3) is 0 Å². The van der Waals surface area contributed by atoms with Crippen LogP contribution in [0, 0.1) is 11.8 Å². The lowest BCUT2D eigenvalue weighted by Crippen LogP contribution is -2.56. The summed E-state index contributed by atoms with van der Waals surface area (Å²) in [6.45, 7) is 15.8. The SMILES string of the molecule is C=CCN(CCCC)C(=O)C1N(CCCCO)C(=O)[C@@H]2[C@@H](C(=O)N(CC=C)c3ccc(OCC)cc3)[C@@]3(CC)CCC12O3. The molecule has 5 atom stereocenters. The maximum atomic E-state index is 14.7. The van der Waals surface area contributed by atoms with Crippen LogP contribution in [0.4, 0.5) is 5.69 Å². The number of benzene rings is 1. The van der Waals surface area contributed by atoms with Gasteiger partial charge in [-0.25, -0.2) is 0 Å². The van der Waals surface area contributed by atoms with Crippen LogP contribution in [0.25, 0.3) is 0 Å². The van der Waals surface area contributed by atoms with Gasteiger partial charge in [0, 0.05) is 38.5 Å². The Morgan fingerprint density at radius 3 is 2.40 bits per heavy atom. The molecule has 236 valence electrons. The highest BCUT2D eigenvalue weighted by Gasteiger charge is 2.79. The van der Waals surface area contributed by atoms with Gasteiger partial charge in [0.15, 0.2) is 0 Å². The van der Waals surface area contributed by atoms with E-state index in [0.717, 1.165) is 12.8 Å². The van der Waals surface area contributed by atoms with Crippen LogP contribution in [-0.2, 0) is 19.1 Å². The number of aliphatic hydroxyl groups excluding tert-OH is 1. The van der Waals surface area contributed by atoms with Crippen LogP contribution < -0.4 is 9.64 Å². The molecule has 1 N–H and O–H groups in total. The largest absolute Gasteiger partial charge is 0.494 e. The number of nitrogens with zero attached hydrogens (tertiary/aromatic N) is 3. The summed E-state index contributed by atoms with van der Waals surface area (Å²) in [5.41, 5.74) is -1.25. The molecular formula is C34H49N3O6. The molecule has 3 amide bonds. The second kappa shape index (κ2) is 14.1. The summed E-state index contributed by atoms with van der Waals surface area (Å²) >= 11 is 0. The molecule has 2 unspecified atom stereocenters. The van der Waals surface area contributed by atoms with Crippen LogP contribution in [-0.4, -0.2) is 89.3 Å². The van der Waals surface area contributed by atoms with Crippen LogP contribution in [0.3, 0.4) is 0 Å². The minimum absolute atomic E-state index is 0.00343. The maximum absolute atomic E-state index is 14.7. The first-order chi connectivity index (χ1) is 20.8. The molecule has 3 heterocycles. The third-order valence-corrected chi connectivity index (χ3v) is 9.47. The fourth-order valence-corrected chi connectivity index (χ4v) is 7.48. The number of anilines is 1. The summed E-state index contributed by atoms with van der Waals surface area (Å²) in [6.07, 6.45) is 7.91. The molecule has 1 spiro atoms. The fraction of sp³-hybridized carbons (Fsp3) is 0.618. The maximum Gasteiger partial charge on any atom is 0.248 e. The molecule has 0 saturated carbocycles. The first-order valence-electron chi connectivity index (χ1n) is 15.9. The van der Waals surface area contributed by atoms with Gasteiger partial charge in [-0.2, -0.15) is 0 Å². The number of unbranched alkanes of at least 4 members (excludes halogenated alkanes) is 2. The summed E-state index contributed by atoms with van der Waals surface area (Å²) < 4.78 is 12.6. The Bertz CT molecular complexity index is 1170. The summed E-state index contributed by atoms with van der Waals surface area (Å²) in [7, 11) is 0. The highest BCUT2D eigenvalue weighted by molar-refractivity contribution is 6.03. The predicted octanol–water partition coefficient (Wildman–Crippen LogP) is 4.35.